The standard InChI is InChI=1S/C20H14Br2ClF3N4O/c21-11-3-1-10(2-4-11)14-9-15(20(24,25)26)30-18(28-14)16(23)17(29-30)19(31)27-13-7-5-12(22)6-8-13/h1-8,14-15,28H,9H2,(H,27,31)/t14-,15+/m1/s1. The van der Waals surface area contributed by atoms with Gasteiger partial charge in [-0.3, -0.25) is 4.79 Å². The predicted octanol–water partition coefficient (Wildman–Crippen LogP) is 6.97. The maximum absolute atomic E-state index is 13.9. The molecule has 0 saturated heterocycles. The van der Waals surface area contributed by atoms with Crippen LogP contribution >= 0.6 is 43.5 Å². The van der Waals surface area contributed by atoms with Gasteiger partial charge in [0.25, 0.3) is 5.91 Å². The van der Waals surface area contributed by atoms with Crippen LogP contribution in [-0.4, -0.2) is 21.9 Å². The second-order valence-corrected chi connectivity index (χ2v) is 9.17. The quantitative estimate of drug-likeness (QED) is 0.353. The van der Waals surface area contributed by atoms with Crippen molar-refractivity contribution in [3.05, 3.63) is 73.8 Å². The number of carbonyl (C=O) groups is 1. The molecule has 0 spiro atoms. The van der Waals surface area contributed by atoms with Crippen LogP contribution in [0.25, 0.3) is 0 Å². The van der Waals surface area contributed by atoms with E-state index < -0.39 is 24.2 Å². The number of fused-ring (bicyclic) bond motifs is 1. The van der Waals surface area contributed by atoms with E-state index in [0.717, 1.165) is 13.6 Å². The summed E-state index contributed by atoms with van der Waals surface area (Å²) in [5.41, 5.74) is 0.850. The van der Waals surface area contributed by atoms with Gasteiger partial charge in [-0.15, -0.1) is 0 Å². The van der Waals surface area contributed by atoms with Crippen molar-refractivity contribution in [2.45, 2.75) is 24.7 Å². The molecule has 1 amide bonds. The van der Waals surface area contributed by atoms with Crippen molar-refractivity contribution >= 4 is 60.9 Å². The van der Waals surface area contributed by atoms with Crippen LogP contribution in [0.1, 0.15) is 34.6 Å². The fourth-order valence-corrected chi connectivity index (χ4v) is 4.17. The molecule has 2 N–H and O–H groups in total. The Balaban J connectivity index is 1.69. The number of alkyl halides is 3. The third kappa shape index (κ3) is 4.61. The first-order valence-electron chi connectivity index (χ1n) is 9.07. The Bertz CT molecular complexity index is 1120. The highest BCUT2D eigenvalue weighted by atomic mass is 79.9. The van der Waals surface area contributed by atoms with E-state index in [1.807, 2.05) is 0 Å². The van der Waals surface area contributed by atoms with Crippen molar-refractivity contribution < 1.29 is 18.0 Å². The second kappa shape index (κ2) is 8.48. The molecule has 2 heterocycles. The number of carbonyl (C=O) groups excluding carboxylic acids is 1. The Labute approximate surface area is 197 Å². The summed E-state index contributed by atoms with van der Waals surface area (Å²) in [5, 5.41) is 9.39. The molecule has 0 radical (unpaired) electrons. The van der Waals surface area contributed by atoms with Crippen molar-refractivity contribution in [3.8, 4) is 0 Å². The first-order valence-corrected chi connectivity index (χ1v) is 11.0. The van der Waals surface area contributed by atoms with E-state index in [2.05, 4.69) is 47.6 Å². The SMILES string of the molecule is O=C(Nc1ccc(Br)cc1)c1nn2c(c1Cl)N[C@@H](c1ccc(Br)cc1)C[C@H]2C(F)(F)F. The smallest absolute Gasteiger partial charge is 0.362 e. The largest absolute Gasteiger partial charge is 0.410 e. The number of amides is 1. The molecule has 0 saturated carbocycles. The van der Waals surface area contributed by atoms with E-state index in [9.17, 15) is 18.0 Å². The molecule has 0 bridgehead atoms. The molecule has 5 nitrogen and oxygen atoms in total. The third-order valence-electron chi connectivity index (χ3n) is 4.89. The number of nitrogens with zero attached hydrogens (tertiary/aromatic N) is 2. The zero-order valence-electron chi connectivity index (χ0n) is 15.6. The van der Waals surface area contributed by atoms with Crippen molar-refractivity contribution in [2.24, 2.45) is 0 Å². The van der Waals surface area contributed by atoms with Gasteiger partial charge in [-0.25, -0.2) is 4.68 Å². The molecule has 2 aromatic carbocycles. The molecule has 31 heavy (non-hydrogen) atoms. The Hall–Kier alpha value is -2.04. The molecule has 0 fully saturated rings. The van der Waals surface area contributed by atoms with Crippen LogP contribution in [-0.2, 0) is 0 Å². The minimum atomic E-state index is -4.57. The van der Waals surface area contributed by atoms with Crippen LogP contribution in [0, 0.1) is 0 Å². The van der Waals surface area contributed by atoms with Crippen molar-refractivity contribution in [2.75, 3.05) is 10.6 Å². The molecule has 1 aliphatic heterocycles. The molecular formula is C20H14Br2ClF3N4O. The summed E-state index contributed by atoms with van der Waals surface area (Å²) in [4.78, 5) is 12.7. The van der Waals surface area contributed by atoms with Crippen molar-refractivity contribution in [1.82, 2.24) is 9.78 Å². The average molecular weight is 579 g/mol. The molecule has 162 valence electrons. The Morgan fingerprint density at radius 2 is 1.68 bits per heavy atom. The fourth-order valence-electron chi connectivity index (χ4n) is 3.37. The molecule has 2 atom stereocenters. The number of anilines is 2. The Morgan fingerprint density at radius 3 is 2.26 bits per heavy atom. The van der Waals surface area contributed by atoms with Crippen LogP contribution < -0.4 is 10.6 Å². The summed E-state index contributed by atoms with van der Waals surface area (Å²) < 4.78 is 44.0. The predicted molar refractivity (Wildman–Crippen MR) is 120 cm³/mol. The molecule has 4 rings (SSSR count). The third-order valence-corrected chi connectivity index (χ3v) is 6.30. The number of aromatic nitrogens is 2. The summed E-state index contributed by atoms with van der Waals surface area (Å²) in [7, 11) is 0. The van der Waals surface area contributed by atoms with Crippen molar-refractivity contribution in [1.29, 1.82) is 0 Å². The van der Waals surface area contributed by atoms with E-state index in [1.54, 1.807) is 48.5 Å². The van der Waals surface area contributed by atoms with E-state index in [0.29, 0.717) is 11.3 Å². The normalized spacial score (nSPS) is 18.3. The van der Waals surface area contributed by atoms with Gasteiger partial charge >= 0.3 is 6.18 Å². The summed E-state index contributed by atoms with van der Waals surface area (Å²) in [6, 6.07) is 11.1. The molecule has 1 aromatic heterocycles. The van der Waals surface area contributed by atoms with E-state index in [4.69, 9.17) is 11.6 Å². The number of hydrogen-bond acceptors (Lipinski definition) is 3. The van der Waals surface area contributed by atoms with Gasteiger partial charge in [0.1, 0.15) is 10.8 Å². The van der Waals surface area contributed by atoms with Gasteiger partial charge in [-0.2, -0.15) is 18.3 Å². The summed E-state index contributed by atoms with van der Waals surface area (Å²) in [6.45, 7) is 0. The van der Waals surface area contributed by atoms with Gasteiger partial charge < -0.3 is 10.6 Å². The van der Waals surface area contributed by atoms with Gasteiger partial charge in [-0.05, 0) is 42.0 Å². The average Bonchev–Trinajstić information content (AvgIpc) is 3.05. The zero-order valence-corrected chi connectivity index (χ0v) is 19.5. The summed E-state index contributed by atoms with van der Waals surface area (Å²) in [6.07, 6.45) is -4.86. The van der Waals surface area contributed by atoms with Gasteiger partial charge in [-0.1, -0.05) is 55.6 Å². The van der Waals surface area contributed by atoms with E-state index in [-0.39, 0.29) is 23.0 Å². The van der Waals surface area contributed by atoms with Gasteiger partial charge in [0, 0.05) is 21.1 Å². The molecule has 0 aliphatic carbocycles. The highest BCUT2D eigenvalue weighted by Crippen LogP contribution is 2.46. The number of hydrogen-bond donors (Lipinski definition) is 2. The number of nitrogens with one attached hydrogen (secondary N) is 2. The van der Waals surface area contributed by atoms with Crippen LogP contribution in [0.2, 0.25) is 5.02 Å². The maximum Gasteiger partial charge on any atom is 0.410 e. The molecular weight excluding hydrogens is 565 g/mol. The molecule has 0 unspecified atom stereocenters. The topological polar surface area (TPSA) is 59.0 Å². The highest BCUT2D eigenvalue weighted by molar-refractivity contribution is 9.10. The number of halogens is 6. The van der Waals surface area contributed by atoms with E-state index in [1.165, 1.54) is 0 Å². The lowest BCUT2D eigenvalue weighted by Gasteiger charge is -2.33. The lowest BCUT2D eigenvalue weighted by molar-refractivity contribution is -0.173. The fraction of sp³-hybridized carbons (Fsp3) is 0.200. The molecule has 11 heteroatoms. The maximum atomic E-state index is 13.9. The van der Waals surface area contributed by atoms with Crippen LogP contribution in [0.3, 0.4) is 0 Å². The van der Waals surface area contributed by atoms with E-state index >= 15 is 0 Å². The summed E-state index contributed by atoms with van der Waals surface area (Å²) >= 11 is 12.9. The Kier molecular flexibility index (Phi) is 6.06. The Morgan fingerprint density at radius 1 is 1.10 bits per heavy atom. The van der Waals surface area contributed by atoms with Gasteiger partial charge in [0.2, 0.25) is 0 Å². The molecule has 1 aliphatic rings. The summed E-state index contributed by atoms with van der Waals surface area (Å²) in [5.74, 6) is -0.735. The van der Waals surface area contributed by atoms with Crippen LogP contribution in [0.4, 0.5) is 24.7 Å². The number of benzene rings is 2. The van der Waals surface area contributed by atoms with Crippen molar-refractivity contribution in [3.63, 3.8) is 0 Å². The lowest BCUT2D eigenvalue weighted by Crippen LogP contribution is -2.35. The molecule has 3 aromatic rings. The van der Waals surface area contributed by atoms with Gasteiger partial charge in [0.15, 0.2) is 11.7 Å². The lowest BCUT2D eigenvalue weighted by atomic mass is 9.97. The monoisotopic (exact) mass is 576 g/mol. The number of rotatable bonds is 3. The first-order chi connectivity index (χ1) is 14.6. The van der Waals surface area contributed by atoms with Crippen LogP contribution in [0.15, 0.2) is 57.5 Å². The van der Waals surface area contributed by atoms with Gasteiger partial charge in [0.05, 0.1) is 6.04 Å². The first kappa shape index (κ1) is 22.2. The zero-order chi connectivity index (χ0) is 22.3. The van der Waals surface area contributed by atoms with Crippen LogP contribution in [0.5, 0.6) is 0 Å². The highest BCUT2D eigenvalue weighted by Gasteiger charge is 2.47. The second-order valence-electron chi connectivity index (χ2n) is 6.96. The minimum Gasteiger partial charge on any atom is -0.362 e. The minimum absolute atomic E-state index is 0.0379.